The van der Waals surface area contributed by atoms with Gasteiger partial charge in [0.2, 0.25) is 0 Å². The van der Waals surface area contributed by atoms with Gasteiger partial charge < -0.3 is 13.7 Å². The monoisotopic (exact) mass is 880 g/mol. The Hall–Kier alpha value is -9.39. The molecule has 322 valence electrons. The number of pyridine rings is 1. The summed E-state index contributed by atoms with van der Waals surface area (Å²) in [6.45, 7) is 0. The van der Waals surface area contributed by atoms with Gasteiger partial charge in [-0.3, -0.25) is 4.98 Å². The molecule has 0 bridgehead atoms. The average molecular weight is 881 g/mol. The Morgan fingerprint density at radius 1 is 0.290 bits per heavy atom. The second kappa shape index (κ2) is 15.6. The van der Waals surface area contributed by atoms with E-state index in [1.165, 1.54) is 43.4 Å². The van der Waals surface area contributed by atoms with E-state index < -0.39 is 0 Å². The van der Waals surface area contributed by atoms with Crippen LogP contribution in [0.5, 0.6) is 0 Å². The van der Waals surface area contributed by atoms with Crippen LogP contribution in [0.2, 0.25) is 0 Å². The average Bonchev–Trinajstić information content (AvgIpc) is 4.08. The number of para-hydroxylation sites is 5. The van der Waals surface area contributed by atoms with Gasteiger partial charge in [-0.2, -0.15) is 0 Å². The van der Waals surface area contributed by atoms with Gasteiger partial charge in [-0.1, -0.05) is 164 Å². The molecule has 0 aliphatic heterocycles. The molecule has 0 saturated carbocycles. The molecule has 5 aromatic heterocycles. The Morgan fingerprint density at radius 2 is 0.696 bits per heavy atom. The summed E-state index contributed by atoms with van der Waals surface area (Å²) in [5.74, 6) is 0.681. The van der Waals surface area contributed by atoms with Gasteiger partial charge in [-0.05, 0) is 77.9 Å². The molecule has 9 aromatic carbocycles. The van der Waals surface area contributed by atoms with Crippen LogP contribution in [0.25, 0.3) is 128 Å². The number of benzene rings is 9. The molecular weight excluding hydrogens is 841 g/mol. The Bertz CT molecular complexity index is 4250. The summed E-state index contributed by atoms with van der Waals surface area (Å²) in [6, 6.07) is 82.3. The molecule has 0 spiro atoms. The zero-order chi connectivity index (χ0) is 45.4. The third-order valence-electron chi connectivity index (χ3n) is 13.7. The Balaban J connectivity index is 1.04. The molecule has 0 amide bonds. The SMILES string of the molecule is c1ccc(-c2nc(-c3ccc(-c4cccnc4)cc3)cc(-c3ccc(-n4c5ccccc5c5c6c7ccccc7n(-c7ccccc7)c6c6c7ccccc7n(-c7ccccc7)c6c54)cc3)n2)cc1. The Morgan fingerprint density at radius 3 is 1.23 bits per heavy atom. The van der Waals surface area contributed by atoms with E-state index in [0.29, 0.717) is 5.82 Å². The van der Waals surface area contributed by atoms with Crippen LogP contribution in [-0.4, -0.2) is 28.7 Å². The fraction of sp³-hybridized carbons (Fsp3) is 0. The van der Waals surface area contributed by atoms with Gasteiger partial charge in [-0.25, -0.2) is 9.97 Å². The van der Waals surface area contributed by atoms with Gasteiger partial charge in [-0.15, -0.1) is 0 Å². The molecule has 0 atom stereocenters. The van der Waals surface area contributed by atoms with Crippen LogP contribution in [0.4, 0.5) is 0 Å². The topological polar surface area (TPSA) is 53.5 Å². The number of rotatable bonds is 7. The molecule has 69 heavy (non-hydrogen) atoms. The van der Waals surface area contributed by atoms with Crippen LogP contribution in [0, 0.1) is 0 Å². The van der Waals surface area contributed by atoms with Crippen molar-refractivity contribution in [3.05, 3.63) is 243 Å². The summed E-state index contributed by atoms with van der Waals surface area (Å²) >= 11 is 0. The van der Waals surface area contributed by atoms with Crippen LogP contribution in [0.3, 0.4) is 0 Å². The van der Waals surface area contributed by atoms with Crippen molar-refractivity contribution < 1.29 is 0 Å². The van der Waals surface area contributed by atoms with Crippen molar-refractivity contribution in [2.45, 2.75) is 0 Å². The van der Waals surface area contributed by atoms with E-state index in [-0.39, 0.29) is 0 Å². The first-order chi connectivity index (χ1) is 34.3. The van der Waals surface area contributed by atoms with E-state index in [1.807, 2.05) is 30.5 Å². The van der Waals surface area contributed by atoms with Gasteiger partial charge in [0.05, 0.1) is 44.5 Å². The summed E-state index contributed by atoms with van der Waals surface area (Å²) in [5.41, 5.74) is 17.2. The van der Waals surface area contributed by atoms with Crippen LogP contribution in [0.15, 0.2) is 243 Å². The molecule has 0 unspecified atom stereocenters. The van der Waals surface area contributed by atoms with E-state index in [9.17, 15) is 0 Å². The van der Waals surface area contributed by atoms with E-state index in [1.54, 1.807) is 6.20 Å². The number of aromatic nitrogens is 6. The predicted octanol–water partition coefficient (Wildman–Crippen LogP) is 15.8. The van der Waals surface area contributed by atoms with Gasteiger partial charge in [0.25, 0.3) is 0 Å². The lowest BCUT2D eigenvalue weighted by Crippen LogP contribution is -2.00. The maximum atomic E-state index is 5.23. The van der Waals surface area contributed by atoms with Gasteiger partial charge >= 0.3 is 0 Å². The largest absolute Gasteiger partial charge is 0.309 e. The predicted molar refractivity (Wildman–Crippen MR) is 285 cm³/mol. The van der Waals surface area contributed by atoms with Crippen molar-refractivity contribution in [3.8, 4) is 62.1 Å². The third-order valence-corrected chi connectivity index (χ3v) is 13.7. The van der Waals surface area contributed by atoms with E-state index in [0.717, 1.165) is 78.3 Å². The first-order valence-electron chi connectivity index (χ1n) is 23.4. The quantitative estimate of drug-likeness (QED) is 0.160. The highest BCUT2D eigenvalue weighted by Crippen LogP contribution is 2.50. The third kappa shape index (κ3) is 6.09. The molecule has 0 N–H and O–H groups in total. The second-order valence-electron chi connectivity index (χ2n) is 17.6. The molecule has 0 saturated heterocycles. The minimum atomic E-state index is 0.681. The van der Waals surface area contributed by atoms with Gasteiger partial charge in [0.15, 0.2) is 5.82 Å². The molecular formula is C63H40N6. The first-order valence-corrected chi connectivity index (χ1v) is 23.4. The second-order valence-corrected chi connectivity index (χ2v) is 17.6. The minimum absolute atomic E-state index is 0.681. The zero-order valence-electron chi connectivity index (χ0n) is 37.3. The molecule has 0 radical (unpaired) electrons. The van der Waals surface area contributed by atoms with Gasteiger partial charge in [0, 0.05) is 78.5 Å². The molecule has 0 fully saturated rings. The van der Waals surface area contributed by atoms with E-state index in [4.69, 9.17) is 9.97 Å². The summed E-state index contributed by atoms with van der Waals surface area (Å²) in [4.78, 5) is 14.7. The highest BCUT2D eigenvalue weighted by atomic mass is 15.1. The molecule has 6 nitrogen and oxygen atoms in total. The normalized spacial score (nSPS) is 11.8. The molecule has 14 rings (SSSR count). The standard InChI is InChI=1S/C63H40N6/c1-4-17-44(18-5-1)63-65-52(42-32-30-41(31-33-42)45-19-16-38-64-40-45)39-53(66-63)43-34-36-48(37-35-43)69-55-28-14-11-25-50(55)58-57-49-24-10-13-27-54(49)67(46-20-6-2-7-21-46)60(57)59-51-26-12-15-29-56(51)68(62(59)61(58)69)47-22-8-3-9-23-47/h1-40H. The first kappa shape index (κ1) is 38.8. The maximum absolute atomic E-state index is 5.23. The highest BCUT2D eigenvalue weighted by molar-refractivity contribution is 6.40. The lowest BCUT2D eigenvalue weighted by molar-refractivity contribution is 1.15. The van der Waals surface area contributed by atoms with Gasteiger partial charge in [0.1, 0.15) is 0 Å². The van der Waals surface area contributed by atoms with Crippen LogP contribution in [-0.2, 0) is 0 Å². The number of nitrogens with zero attached hydrogens (tertiary/aromatic N) is 6. The molecule has 0 aliphatic rings. The lowest BCUT2D eigenvalue weighted by Gasteiger charge is -2.15. The Kier molecular flexibility index (Phi) is 8.79. The smallest absolute Gasteiger partial charge is 0.160 e. The highest BCUT2D eigenvalue weighted by Gasteiger charge is 2.28. The van der Waals surface area contributed by atoms with E-state index >= 15 is 0 Å². The Labute approximate surface area is 397 Å². The summed E-state index contributed by atoms with van der Waals surface area (Å²) < 4.78 is 7.47. The zero-order valence-corrected chi connectivity index (χ0v) is 37.3. The van der Waals surface area contributed by atoms with E-state index in [2.05, 4.69) is 225 Å². The summed E-state index contributed by atoms with van der Waals surface area (Å²) in [6.07, 6.45) is 3.69. The number of hydrogen-bond acceptors (Lipinski definition) is 3. The lowest BCUT2D eigenvalue weighted by atomic mass is 10.0. The summed E-state index contributed by atoms with van der Waals surface area (Å²) in [5, 5.41) is 7.31. The summed E-state index contributed by atoms with van der Waals surface area (Å²) in [7, 11) is 0. The molecule has 6 heteroatoms. The van der Waals surface area contributed by atoms with Crippen molar-refractivity contribution in [1.82, 2.24) is 28.7 Å². The van der Waals surface area contributed by atoms with Crippen LogP contribution < -0.4 is 0 Å². The van der Waals surface area contributed by atoms with Crippen molar-refractivity contribution in [1.29, 1.82) is 0 Å². The van der Waals surface area contributed by atoms with Crippen LogP contribution >= 0.6 is 0 Å². The van der Waals surface area contributed by atoms with Crippen molar-refractivity contribution in [2.24, 2.45) is 0 Å². The number of fused-ring (bicyclic) bond motifs is 12. The molecule has 0 aliphatic carbocycles. The van der Waals surface area contributed by atoms with Crippen molar-refractivity contribution >= 4 is 65.4 Å². The molecule has 14 aromatic rings. The van der Waals surface area contributed by atoms with Crippen molar-refractivity contribution in [2.75, 3.05) is 0 Å². The molecule has 5 heterocycles. The van der Waals surface area contributed by atoms with Crippen LogP contribution in [0.1, 0.15) is 0 Å². The fourth-order valence-electron chi connectivity index (χ4n) is 10.7. The maximum Gasteiger partial charge on any atom is 0.160 e. The number of hydrogen-bond donors (Lipinski definition) is 0. The van der Waals surface area contributed by atoms with Crippen molar-refractivity contribution in [3.63, 3.8) is 0 Å². The minimum Gasteiger partial charge on any atom is -0.309 e. The fourth-order valence-corrected chi connectivity index (χ4v) is 10.7.